The van der Waals surface area contributed by atoms with Crippen LogP contribution in [0.15, 0.2) is 54.7 Å². The molecule has 142 valence electrons. The standard InChI is InChI=1S/C21H16FNO5/c22-16-6-4-14(5-7-16)19(25)13-28-21(27)9-8-20(26)23-11-10-17-15(12-24)2-1-3-18(17)23/h1-7,10-12H,8-9,13H2. The molecule has 1 aromatic heterocycles. The summed E-state index contributed by atoms with van der Waals surface area (Å²) in [5.74, 6) is -1.95. The summed E-state index contributed by atoms with van der Waals surface area (Å²) in [5, 5.41) is 0.651. The highest BCUT2D eigenvalue weighted by Gasteiger charge is 2.15. The van der Waals surface area contributed by atoms with Crippen LogP contribution in [0, 0.1) is 5.82 Å². The number of ether oxygens (including phenoxy) is 1. The minimum atomic E-state index is -0.686. The van der Waals surface area contributed by atoms with Crippen molar-refractivity contribution >= 4 is 34.8 Å². The summed E-state index contributed by atoms with van der Waals surface area (Å²) in [6.45, 7) is -0.478. The Hall–Kier alpha value is -3.61. The van der Waals surface area contributed by atoms with Crippen molar-refractivity contribution in [1.82, 2.24) is 4.57 Å². The Kier molecular flexibility index (Phi) is 5.74. The Bertz CT molecular complexity index is 1050. The molecule has 0 fully saturated rings. The average molecular weight is 381 g/mol. The third-order valence-corrected chi connectivity index (χ3v) is 4.24. The van der Waals surface area contributed by atoms with E-state index in [1.54, 1.807) is 30.5 Å². The smallest absolute Gasteiger partial charge is 0.306 e. The first-order valence-electron chi connectivity index (χ1n) is 8.52. The predicted octanol–water partition coefficient (Wildman–Crippen LogP) is 3.44. The second kappa shape index (κ2) is 8.39. The molecule has 0 amide bonds. The molecule has 6 nitrogen and oxygen atoms in total. The number of halogens is 1. The molecule has 0 saturated heterocycles. The van der Waals surface area contributed by atoms with Crippen molar-refractivity contribution in [3.63, 3.8) is 0 Å². The van der Waals surface area contributed by atoms with Gasteiger partial charge in [0.05, 0.1) is 11.9 Å². The lowest BCUT2D eigenvalue weighted by atomic mass is 10.1. The van der Waals surface area contributed by atoms with Crippen LogP contribution in [-0.4, -0.2) is 35.1 Å². The Balaban J connectivity index is 1.54. The van der Waals surface area contributed by atoms with E-state index in [2.05, 4.69) is 0 Å². The van der Waals surface area contributed by atoms with E-state index in [4.69, 9.17) is 4.74 Å². The molecule has 3 rings (SSSR count). The third kappa shape index (κ3) is 4.20. The second-order valence-corrected chi connectivity index (χ2v) is 6.07. The predicted molar refractivity (Wildman–Crippen MR) is 98.9 cm³/mol. The summed E-state index contributed by atoms with van der Waals surface area (Å²) < 4.78 is 19.1. The SMILES string of the molecule is O=Cc1cccc2c1ccn2C(=O)CCC(=O)OCC(=O)c1ccc(F)cc1. The number of nitrogens with zero attached hydrogens (tertiary/aromatic N) is 1. The van der Waals surface area contributed by atoms with Crippen molar-refractivity contribution in [2.45, 2.75) is 12.8 Å². The fourth-order valence-electron chi connectivity index (χ4n) is 2.78. The van der Waals surface area contributed by atoms with Gasteiger partial charge in [-0.05, 0) is 36.4 Å². The molecule has 0 saturated carbocycles. The minimum absolute atomic E-state index is 0.112. The molecule has 0 radical (unpaired) electrons. The fraction of sp³-hybridized carbons (Fsp3) is 0.143. The van der Waals surface area contributed by atoms with Crippen molar-refractivity contribution in [3.05, 3.63) is 71.7 Å². The first kappa shape index (κ1) is 19.2. The molecule has 0 N–H and O–H groups in total. The number of hydrogen-bond acceptors (Lipinski definition) is 5. The molecule has 0 spiro atoms. The quantitative estimate of drug-likeness (QED) is 0.356. The van der Waals surface area contributed by atoms with Gasteiger partial charge in [0.25, 0.3) is 0 Å². The van der Waals surface area contributed by atoms with E-state index in [9.17, 15) is 23.6 Å². The number of rotatable bonds is 7. The van der Waals surface area contributed by atoms with E-state index in [1.165, 1.54) is 16.7 Å². The van der Waals surface area contributed by atoms with Gasteiger partial charge in [0.2, 0.25) is 5.91 Å². The normalized spacial score (nSPS) is 10.6. The monoisotopic (exact) mass is 381 g/mol. The summed E-state index contributed by atoms with van der Waals surface area (Å²) in [6, 6.07) is 11.6. The first-order valence-corrected chi connectivity index (χ1v) is 8.52. The van der Waals surface area contributed by atoms with E-state index in [0.717, 1.165) is 12.1 Å². The molecule has 0 bridgehead atoms. The van der Waals surface area contributed by atoms with Gasteiger partial charge >= 0.3 is 5.97 Å². The third-order valence-electron chi connectivity index (χ3n) is 4.24. The van der Waals surface area contributed by atoms with E-state index >= 15 is 0 Å². The lowest BCUT2D eigenvalue weighted by Crippen LogP contribution is -2.16. The van der Waals surface area contributed by atoms with Gasteiger partial charge in [0.15, 0.2) is 18.7 Å². The Morgan fingerprint density at radius 3 is 2.46 bits per heavy atom. The minimum Gasteiger partial charge on any atom is -0.457 e. The number of carbonyl (C=O) groups excluding carboxylic acids is 4. The first-order chi connectivity index (χ1) is 13.5. The molecule has 0 aliphatic heterocycles. The fourth-order valence-corrected chi connectivity index (χ4v) is 2.78. The summed E-state index contributed by atoms with van der Waals surface area (Å²) in [7, 11) is 0. The molecule has 28 heavy (non-hydrogen) atoms. The number of hydrogen-bond donors (Lipinski definition) is 0. The number of fused-ring (bicyclic) bond motifs is 1. The van der Waals surface area contributed by atoms with Crippen LogP contribution in [0.4, 0.5) is 4.39 Å². The Morgan fingerprint density at radius 1 is 1.00 bits per heavy atom. The number of aldehydes is 1. The maximum absolute atomic E-state index is 12.8. The second-order valence-electron chi connectivity index (χ2n) is 6.07. The maximum atomic E-state index is 12.8. The van der Waals surface area contributed by atoms with Gasteiger partial charge in [-0.3, -0.25) is 23.7 Å². The van der Waals surface area contributed by atoms with E-state index < -0.39 is 24.2 Å². The lowest BCUT2D eigenvalue weighted by Gasteiger charge is -2.06. The largest absolute Gasteiger partial charge is 0.457 e. The van der Waals surface area contributed by atoms with Crippen LogP contribution in [0.3, 0.4) is 0 Å². The van der Waals surface area contributed by atoms with Gasteiger partial charge in [0.1, 0.15) is 5.82 Å². The molecule has 3 aromatic rings. The highest BCUT2D eigenvalue weighted by Crippen LogP contribution is 2.19. The number of carbonyl (C=O) groups is 4. The number of esters is 1. The van der Waals surface area contributed by atoms with Crippen LogP contribution < -0.4 is 0 Å². The van der Waals surface area contributed by atoms with Gasteiger partial charge in [-0.1, -0.05) is 12.1 Å². The number of Topliss-reactive ketones (excluding diaryl/α,β-unsaturated/α-hetero) is 1. The molecule has 2 aromatic carbocycles. The average Bonchev–Trinajstić information content (AvgIpc) is 3.15. The number of ketones is 1. The summed E-state index contributed by atoms with van der Waals surface area (Å²) in [5.41, 5.74) is 1.28. The summed E-state index contributed by atoms with van der Waals surface area (Å²) in [6.07, 6.45) is 1.96. The van der Waals surface area contributed by atoms with Crippen LogP contribution in [0.2, 0.25) is 0 Å². The van der Waals surface area contributed by atoms with Crippen LogP contribution in [0.25, 0.3) is 10.9 Å². The zero-order chi connectivity index (χ0) is 20.1. The molecule has 7 heteroatoms. The van der Waals surface area contributed by atoms with Crippen LogP contribution in [0.1, 0.15) is 38.4 Å². The summed E-state index contributed by atoms with van der Waals surface area (Å²) >= 11 is 0. The highest BCUT2D eigenvalue weighted by atomic mass is 19.1. The topological polar surface area (TPSA) is 82.4 Å². The molecular formula is C21H16FNO5. The zero-order valence-corrected chi connectivity index (χ0v) is 14.8. The van der Waals surface area contributed by atoms with Crippen molar-refractivity contribution < 1.29 is 28.3 Å². The summed E-state index contributed by atoms with van der Waals surface area (Å²) in [4.78, 5) is 47.2. The molecule has 0 aliphatic carbocycles. The molecule has 1 heterocycles. The maximum Gasteiger partial charge on any atom is 0.306 e. The van der Waals surface area contributed by atoms with Crippen molar-refractivity contribution in [1.29, 1.82) is 0 Å². The van der Waals surface area contributed by atoms with Crippen molar-refractivity contribution in [2.75, 3.05) is 6.61 Å². The Labute approximate surface area is 159 Å². The van der Waals surface area contributed by atoms with E-state index in [1.807, 2.05) is 0 Å². The van der Waals surface area contributed by atoms with Gasteiger partial charge in [0, 0.05) is 29.1 Å². The molecule has 0 atom stereocenters. The number of aromatic nitrogens is 1. The molecule has 0 aliphatic rings. The van der Waals surface area contributed by atoms with E-state index in [-0.39, 0.29) is 24.3 Å². The van der Waals surface area contributed by atoms with Crippen LogP contribution >= 0.6 is 0 Å². The number of benzene rings is 2. The molecular weight excluding hydrogens is 365 g/mol. The highest BCUT2D eigenvalue weighted by molar-refractivity contribution is 6.01. The zero-order valence-electron chi connectivity index (χ0n) is 14.8. The van der Waals surface area contributed by atoms with Gasteiger partial charge in [-0.15, -0.1) is 0 Å². The molecule has 0 unspecified atom stereocenters. The van der Waals surface area contributed by atoms with Gasteiger partial charge in [-0.2, -0.15) is 0 Å². The van der Waals surface area contributed by atoms with Gasteiger partial charge < -0.3 is 4.74 Å². The lowest BCUT2D eigenvalue weighted by molar-refractivity contribution is -0.142. The van der Waals surface area contributed by atoms with Gasteiger partial charge in [-0.25, -0.2) is 4.39 Å². The van der Waals surface area contributed by atoms with Crippen LogP contribution in [-0.2, 0) is 9.53 Å². The van der Waals surface area contributed by atoms with Crippen molar-refractivity contribution in [2.24, 2.45) is 0 Å². The van der Waals surface area contributed by atoms with Crippen LogP contribution in [0.5, 0.6) is 0 Å². The Morgan fingerprint density at radius 2 is 1.75 bits per heavy atom. The van der Waals surface area contributed by atoms with E-state index in [0.29, 0.717) is 22.8 Å². The van der Waals surface area contributed by atoms with Crippen molar-refractivity contribution in [3.8, 4) is 0 Å².